The molecule has 2 atom stereocenters. The Morgan fingerprint density at radius 3 is 2.73 bits per heavy atom. The van der Waals surface area contributed by atoms with Gasteiger partial charge in [-0.1, -0.05) is 40.9 Å². The minimum Gasteiger partial charge on any atom is -0.332 e. The molecule has 0 bridgehead atoms. The number of hydrogen-bond acceptors (Lipinski definition) is 2. The van der Waals surface area contributed by atoms with Gasteiger partial charge in [0.1, 0.15) is 0 Å². The molecule has 0 radical (unpaired) electrons. The lowest BCUT2D eigenvalue weighted by Crippen LogP contribution is -2.48. The lowest BCUT2D eigenvalue weighted by Gasteiger charge is -2.37. The number of likely N-dealkylation sites (tertiary alicyclic amines) is 1. The zero-order valence-electron chi connectivity index (χ0n) is 14.8. The summed E-state index contributed by atoms with van der Waals surface area (Å²) in [6.45, 7) is 4.30. The first kappa shape index (κ1) is 18.1. The van der Waals surface area contributed by atoms with Crippen LogP contribution in [0.4, 0.5) is 11.4 Å². The van der Waals surface area contributed by atoms with Crippen LogP contribution in [0.25, 0.3) is 0 Å². The number of fused-ring (bicyclic) bond motifs is 3. The maximum absolute atomic E-state index is 6.15. The van der Waals surface area contributed by atoms with E-state index in [-0.39, 0.29) is 0 Å². The first-order valence-electron chi connectivity index (χ1n) is 8.78. The Morgan fingerprint density at radius 2 is 1.96 bits per heavy atom. The first-order chi connectivity index (χ1) is 12.4. The number of benzene rings is 2. The second kappa shape index (κ2) is 7.01. The Balaban J connectivity index is 1.66. The molecule has 1 N–H and O–H groups in total. The van der Waals surface area contributed by atoms with Gasteiger partial charge in [0.15, 0.2) is 5.11 Å². The molecular weight excluding hydrogens is 385 g/mol. The average molecular weight is 406 g/mol. The zero-order chi connectivity index (χ0) is 18.4. The average Bonchev–Trinajstić information content (AvgIpc) is 2.91. The SMILES string of the molecule is Cc1ccc2c(c1)C1CN(C)CCC1N2C(=S)Nc1ccc(Cl)c(Cl)c1. The van der Waals surface area contributed by atoms with Crippen molar-refractivity contribution < 1.29 is 0 Å². The molecule has 0 aliphatic carbocycles. The van der Waals surface area contributed by atoms with E-state index in [1.807, 2.05) is 12.1 Å². The van der Waals surface area contributed by atoms with Crippen molar-refractivity contribution >= 4 is 51.9 Å². The quantitative estimate of drug-likeness (QED) is 0.647. The molecule has 0 aromatic heterocycles. The zero-order valence-corrected chi connectivity index (χ0v) is 17.1. The van der Waals surface area contributed by atoms with E-state index in [0.717, 1.165) is 25.2 Å². The fraction of sp³-hybridized carbons (Fsp3) is 0.350. The summed E-state index contributed by atoms with van der Waals surface area (Å²) >= 11 is 18.0. The molecule has 4 rings (SSSR count). The predicted molar refractivity (Wildman–Crippen MR) is 115 cm³/mol. The minimum atomic E-state index is 0.394. The normalized spacial score (nSPS) is 22.1. The Labute approximate surface area is 169 Å². The number of anilines is 2. The highest BCUT2D eigenvalue weighted by atomic mass is 35.5. The molecule has 0 saturated carbocycles. The van der Waals surface area contributed by atoms with E-state index in [4.69, 9.17) is 35.4 Å². The molecule has 2 unspecified atom stereocenters. The van der Waals surface area contributed by atoms with Crippen LogP contribution >= 0.6 is 35.4 Å². The van der Waals surface area contributed by atoms with Gasteiger partial charge in [0, 0.05) is 29.9 Å². The molecule has 2 heterocycles. The van der Waals surface area contributed by atoms with Crippen LogP contribution in [0, 0.1) is 6.92 Å². The van der Waals surface area contributed by atoms with Crippen molar-refractivity contribution in [2.75, 3.05) is 30.4 Å². The summed E-state index contributed by atoms with van der Waals surface area (Å²) in [5.74, 6) is 0.484. The highest BCUT2D eigenvalue weighted by Crippen LogP contribution is 2.45. The molecule has 6 heteroatoms. The van der Waals surface area contributed by atoms with E-state index in [2.05, 4.69) is 47.3 Å². The topological polar surface area (TPSA) is 18.5 Å². The van der Waals surface area contributed by atoms with Gasteiger partial charge in [0.25, 0.3) is 0 Å². The number of nitrogens with one attached hydrogen (secondary N) is 1. The van der Waals surface area contributed by atoms with Crippen LogP contribution in [0.2, 0.25) is 10.0 Å². The Hall–Kier alpha value is -1.33. The van der Waals surface area contributed by atoms with E-state index in [1.165, 1.54) is 16.8 Å². The molecular formula is C20H21Cl2N3S. The maximum atomic E-state index is 6.15. The van der Waals surface area contributed by atoms with Gasteiger partial charge in [-0.25, -0.2) is 0 Å². The van der Waals surface area contributed by atoms with Crippen LogP contribution in [0.3, 0.4) is 0 Å². The molecule has 26 heavy (non-hydrogen) atoms. The van der Waals surface area contributed by atoms with Crippen LogP contribution in [0.15, 0.2) is 36.4 Å². The van der Waals surface area contributed by atoms with Crippen LogP contribution in [0.1, 0.15) is 23.5 Å². The number of rotatable bonds is 1. The number of nitrogens with zero attached hydrogens (tertiary/aromatic N) is 2. The summed E-state index contributed by atoms with van der Waals surface area (Å²) in [5, 5.41) is 5.13. The van der Waals surface area contributed by atoms with Crippen molar-refractivity contribution in [3.05, 3.63) is 57.6 Å². The van der Waals surface area contributed by atoms with Gasteiger partial charge < -0.3 is 15.1 Å². The van der Waals surface area contributed by atoms with E-state index in [1.54, 1.807) is 6.07 Å². The lowest BCUT2D eigenvalue weighted by atomic mass is 9.89. The van der Waals surface area contributed by atoms with Crippen molar-refractivity contribution in [2.24, 2.45) is 0 Å². The van der Waals surface area contributed by atoms with Gasteiger partial charge >= 0.3 is 0 Å². The van der Waals surface area contributed by atoms with Gasteiger partial charge in [0.05, 0.1) is 10.0 Å². The van der Waals surface area contributed by atoms with E-state index < -0.39 is 0 Å². The summed E-state index contributed by atoms with van der Waals surface area (Å²) in [6.07, 6.45) is 1.10. The molecule has 2 aromatic rings. The van der Waals surface area contributed by atoms with Crippen LogP contribution in [0.5, 0.6) is 0 Å². The predicted octanol–water partition coefficient (Wildman–Crippen LogP) is 5.31. The largest absolute Gasteiger partial charge is 0.332 e. The van der Waals surface area contributed by atoms with Crippen molar-refractivity contribution in [3.63, 3.8) is 0 Å². The summed E-state index contributed by atoms with van der Waals surface area (Å²) in [6, 6.07) is 12.6. The van der Waals surface area contributed by atoms with Crippen LogP contribution < -0.4 is 10.2 Å². The van der Waals surface area contributed by atoms with Gasteiger partial charge in [-0.05, 0) is 69.0 Å². The van der Waals surface area contributed by atoms with E-state index >= 15 is 0 Å². The molecule has 2 aliphatic rings. The number of hydrogen-bond donors (Lipinski definition) is 1. The molecule has 1 fully saturated rings. The summed E-state index contributed by atoms with van der Waals surface area (Å²) in [5.41, 5.74) is 4.77. The van der Waals surface area contributed by atoms with E-state index in [9.17, 15) is 0 Å². The summed E-state index contributed by atoms with van der Waals surface area (Å²) in [7, 11) is 2.20. The summed E-state index contributed by atoms with van der Waals surface area (Å²) in [4.78, 5) is 4.70. The highest BCUT2D eigenvalue weighted by Gasteiger charge is 2.42. The van der Waals surface area contributed by atoms with E-state index in [0.29, 0.717) is 27.1 Å². The number of halogens is 2. The molecule has 1 saturated heterocycles. The molecule has 2 aliphatic heterocycles. The standard InChI is InChI=1S/C20H21Cl2N3S/c1-12-3-6-18-14(9-12)15-11-24(2)8-7-19(15)25(18)20(26)23-13-4-5-16(21)17(22)10-13/h3-6,9-10,15,19H,7-8,11H2,1-2H3,(H,23,26). The van der Waals surface area contributed by atoms with Gasteiger partial charge in [-0.15, -0.1) is 0 Å². The fourth-order valence-corrected chi connectivity index (χ4v) is 4.75. The Bertz CT molecular complexity index is 870. The molecule has 3 nitrogen and oxygen atoms in total. The Morgan fingerprint density at radius 1 is 1.15 bits per heavy atom. The molecule has 0 spiro atoms. The van der Waals surface area contributed by atoms with Crippen LogP contribution in [-0.2, 0) is 0 Å². The highest BCUT2D eigenvalue weighted by molar-refractivity contribution is 7.80. The molecule has 2 aromatic carbocycles. The van der Waals surface area contributed by atoms with Crippen molar-refractivity contribution in [1.82, 2.24) is 4.90 Å². The monoisotopic (exact) mass is 405 g/mol. The maximum Gasteiger partial charge on any atom is 0.178 e. The first-order valence-corrected chi connectivity index (χ1v) is 9.95. The third-order valence-electron chi connectivity index (χ3n) is 5.34. The minimum absolute atomic E-state index is 0.394. The number of likely N-dealkylation sites (N-methyl/N-ethyl adjacent to an activating group) is 1. The number of thiocarbonyl (C=S) groups is 1. The third kappa shape index (κ3) is 3.20. The lowest BCUT2D eigenvalue weighted by molar-refractivity contribution is 0.237. The third-order valence-corrected chi connectivity index (χ3v) is 6.38. The Kier molecular flexibility index (Phi) is 4.86. The van der Waals surface area contributed by atoms with Crippen molar-refractivity contribution in [1.29, 1.82) is 0 Å². The second-order valence-electron chi connectivity index (χ2n) is 7.22. The van der Waals surface area contributed by atoms with Gasteiger partial charge in [-0.3, -0.25) is 0 Å². The van der Waals surface area contributed by atoms with Gasteiger partial charge in [-0.2, -0.15) is 0 Å². The molecule has 0 amide bonds. The fourth-order valence-electron chi connectivity index (χ4n) is 4.10. The second-order valence-corrected chi connectivity index (χ2v) is 8.42. The van der Waals surface area contributed by atoms with Crippen molar-refractivity contribution in [2.45, 2.75) is 25.3 Å². The molecule has 136 valence electrons. The smallest absolute Gasteiger partial charge is 0.178 e. The van der Waals surface area contributed by atoms with Crippen LogP contribution in [-0.4, -0.2) is 36.2 Å². The number of aryl methyl sites for hydroxylation is 1. The number of piperidine rings is 1. The van der Waals surface area contributed by atoms with Gasteiger partial charge in [0.2, 0.25) is 0 Å². The van der Waals surface area contributed by atoms with Crippen molar-refractivity contribution in [3.8, 4) is 0 Å². The summed E-state index contributed by atoms with van der Waals surface area (Å²) < 4.78 is 0.